The molecule has 1 unspecified atom stereocenters. The van der Waals surface area contributed by atoms with Crippen molar-refractivity contribution in [2.24, 2.45) is 0 Å². The Morgan fingerprint density at radius 2 is 2.15 bits per heavy atom. The van der Waals surface area contributed by atoms with Gasteiger partial charge in [-0.05, 0) is 32.8 Å². The molecule has 0 radical (unpaired) electrons. The maximum atomic E-state index is 8.77. The van der Waals surface area contributed by atoms with Crippen LogP contribution < -0.4 is 0 Å². The molecule has 0 amide bonds. The van der Waals surface area contributed by atoms with Crippen molar-refractivity contribution in [1.82, 2.24) is 9.78 Å². The maximum absolute atomic E-state index is 8.77. The lowest BCUT2D eigenvalue weighted by Crippen LogP contribution is -2.06. The Bertz CT molecular complexity index is 344. The third kappa shape index (κ3) is 1.57. The Hall–Kier alpha value is -1.30. The summed E-state index contributed by atoms with van der Waals surface area (Å²) < 4.78 is 1.80. The van der Waals surface area contributed by atoms with Crippen molar-refractivity contribution in [3.63, 3.8) is 0 Å². The van der Waals surface area contributed by atoms with E-state index in [4.69, 9.17) is 5.26 Å². The lowest BCUT2D eigenvalue weighted by Gasteiger charge is -2.05. The highest BCUT2D eigenvalue weighted by molar-refractivity contribution is 5.25. The van der Waals surface area contributed by atoms with E-state index in [0.717, 1.165) is 17.8 Å². The summed E-state index contributed by atoms with van der Waals surface area (Å²) in [6.07, 6.45) is 0.982. The van der Waals surface area contributed by atoms with Crippen LogP contribution in [0.3, 0.4) is 0 Å². The number of nitrogens with zero attached hydrogens (tertiary/aromatic N) is 3. The summed E-state index contributed by atoms with van der Waals surface area (Å²) in [5, 5.41) is 13.1. The molecule has 0 spiro atoms. The van der Waals surface area contributed by atoms with Gasteiger partial charge in [0.2, 0.25) is 0 Å². The molecule has 0 bridgehead atoms. The van der Waals surface area contributed by atoms with Crippen LogP contribution in [0, 0.1) is 25.2 Å². The van der Waals surface area contributed by atoms with Crippen molar-refractivity contribution in [1.29, 1.82) is 5.26 Å². The van der Waals surface area contributed by atoms with Gasteiger partial charge < -0.3 is 0 Å². The summed E-state index contributed by atoms with van der Waals surface area (Å²) in [7, 11) is 0. The van der Waals surface area contributed by atoms with E-state index in [-0.39, 0.29) is 6.04 Å². The van der Waals surface area contributed by atoms with Crippen molar-refractivity contribution in [2.75, 3.05) is 0 Å². The van der Waals surface area contributed by atoms with Gasteiger partial charge in [-0.15, -0.1) is 0 Å². The molecule has 3 heteroatoms. The van der Waals surface area contributed by atoms with Crippen molar-refractivity contribution in [3.05, 3.63) is 17.0 Å². The molecule has 3 nitrogen and oxygen atoms in total. The first kappa shape index (κ1) is 9.79. The Labute approximate surface area is 79.0 Å². The van der Waals surface area contributed by atoms with E-state index in [0.29, 0.717) is 0 Å². The van der Waals surface area contributed by atoms with Gasteiger partial charge in [-0.1, -0.05) is 6.92 Å². The average Bonchev–Trinajstić information content (AvgIpc) is 2.40. The van der Waals surface area contributed by atoms with Crippen LogP contribution in [-0.2, 0) is 6.42 Å². The molecule has 0 saturated carbocycles. The van der Waals surface area contributed by atoms with Gasteiger partial charge in [0.15, 0.2) is 0 Å². The van der Waals surface area contributed by atoms with E-state index < -0.39 is 0 Å². The molecule has 1 aromatic rings. The average molecular weight is 177 g/mol. The topological polar surface area (TPSA) is 41.6 Å². The second-order valence-corrected chi connectivity index (χ2v) is 3.25. The minimum Gasteiger partial charge on any atom is -0.252 e. The third-order valence-electron chi connectivity index (χ3n) is 2.38. The van der Waals surface area contributed by atoms with Gasteiger partial charge >= 0.3 is 0 Å². The number of rotatable bonds is 2. The molecule has 0 N–H and O–H groups in total. The summed E-state index contributed by atoms with van der Waals surface area (Å²) in [6.45, 7) is 7.98. The lowest BCUT2D eigenvalue weighted by molar-refractivity contribution is 0.570. The lowest BCUT2D eigenvalue weighted by atomic mass is 10.1. The first-order chi connectivity index (χ1) is 6.11. The van der Waals surface area contributed by atoms with Gasteiger partial charge in [0.25, 0.3) is 0 Å². The van der Waals surface area contributed by atoms with Crippen molar-refractivity contribution >= 4 is 0 Å². The van der Waals surface area contributed by atoms with Crippen molar-refractivity contribution < 1.29 is 0 Å². The molecule has 1 heterocycles. The largest absolute Gasteiger partial charge is 0.252 e. The van der Waals surface area contributed by atoms with Crippen LogP contribution in [0.15, 0.2) is 0 Å². The van der Waals surface area contributed by atoms with Gasteiger partial charge in [-0.25, -0.2) is 0 Å². The summed E-state index contributed by atoms with van der Waals surface area (Å²) >= 11 is 0. The highest BCUT2D eigenvalue weighted by atomic mass is 15.3. The van der Waals surface area contributed by atoms with Crippen LogP contribution in [0.5, 0.6) is 0 Å². The van der Waals surface area contributed by atoms with E-state index in [1.165, 1.54) is 5.56 Å². The molecule has 0 fully saturated rings. The smallest absolute Gasteiger partial charge is 0.136 e. The fourth-order valence-corrected chi connectivity index (χ4v) is 1.64. The monoisotopic (exact) mass is 177 g/mol. The zero-order chi connectivity index (χ0) is 10.0. The van der Waals surface area contributed by atoms with Crippen LogP contribution in [0.4, 0.5) is 0 Å². The Morgan fingerprint density at radius 1 is 1.54 bits per heavy atom. The summed E-state index contributed by atoms with van der Waals surface area (Å²) in [5.41, 5.74) is 3.43. The van der Waals surface area contributed by atoms with Crippen LogP contribution in [0.1, 0.15) is 36.8 Å². The Morgan fingerprint density at radius 3 is 2.54 bits per heavy atom. The van der Waals surface area contributed by atoms with Crippen LogP contribution in [0.2, 0.25) is 0 Å². The molecular formula is C10H15N3. The maximum Gasteiger partial charge on any atom is 0.136 e. The van der Waals surface area contributed by atoms with E-state index >= 15 is 0 Å². The molecular weight excluding hydrogens is 162 g/mol. The second-order valence-electron chi connectivity index (χ2n) is 3.25. The standard InChI is InChI=1S/C10H15N3/c1-5-10-8(3)12-13(9(10)4)7(2)6-11/h7H,5H2,1-4H3. The van der Waals surface area contributed by atoms with E-state index in [1.54, 1.807) is 4.68 Å². The number of aryl methyl sites for hydroxylation is 1. The molecule has 70 valence electrons. The summed E-state index contributed by atoms with van der Waals surface area (Å²) in [5.74, 6) is 0. The first-order valence-corrected chi connectivity index (χ1v) is 4.56. The second kappa shape index (κ2) is 3.61. The van der Waals surface area contributed by atoms with Gasteiger partial charge in [0.05, 0.1) is 11.8 Å². The van der Waals surface area contributed by atoms with Crippen LogP contribution in [0.25, 0.3) is 0 Å². The molecule has 0 aliphatic heterocycles. The van der Waals surface area contributed by atoms with Crippen molar-refractivity contribution in [2.45, 2.75) is 40.2 Å². The zero-order valence-electron chi connectivity index (χ0n) is 8.63. The van der Waals surface area contributed by atoms with Crippen LogP contribution in [-0.4, -0.2) is 9.78 Å². The Balaban J connectivity index is 3.19. The predicted molar refractivity (Wildman–Crippen MR) is 51.4 cm³/mol. The zero-order valence-corrected chi connectivity index (χ0v) is 8.63. The van der Waals surface area contributed by atoms with Gasteiger partial charge in [0, 0.05) is 5.69 Å². The summed E-state index contributed by atoms with van der Waals surface area (Å²) in [6, 6.07) is 2.02. The number of nitriles is 1. The number of aromatic nitrogens is 2. The molecule has 0 aliphatic rings. The van der Waals surface area contributed by atoms with Crippen molar-refractivity contribution in [3.8, 4) is 6.07 Å². The highest BCUT2D eigenvalue weighted by Crippen LogP contribution is 2.17. The normalized spacial score (nSPS) is 12.5. The third-order valence-corrected chi connectivity index (χ3v) is 2.38. The molecule has 0 aliphatic carbocycles. The quantitative estimate of drug-likeness (QED) is 0.694. The molecule has 1 aromatic heterocycles. The fourth-order valence-electron chi connectivity index (χ4n) is 1.64. The minimum absolute atomic E-state index is 0.168. The molecule has 0 saturated heterocycles. The minimum atomic E-state index is -0.168. The number of hydrogen-bond acceptors (Lipinski definition) is 2. The van der Waals surface area contributed by atoms with Gasteiger partial charge in [-0.2, -0.15) is 10.4 Å². The highest BCUT2D eigenvalue weighted by Gasteiger charge is 2.13. The van der Waals surface area contributed by atoms with Gasteiger partial charge in [0.1, 0.15) is 6.04 Å². The van der Waals surface area contributed by atoms with E-state index in [9.17, 15) is 0 Å². The number of hydrogen-bond donors (Lipinski definition) is 0. The molecule has 1 atom stereocenters. The summed E-state index contributed by atoms with van der Waals surface area (Å²) in [4.78, 5) is 0. The van der Waals surface area contributed by atoms with Crippen LogP contribution >= 0.6 is 0 Å². The fraction of sp³-hybridized carbons (Fsp3) is 0.600. The van der Waals surface area contributed by atoms with Gasteiger partial charge in [-0.3, -0.25) is 4.68 Å². The predicted octanol–water partition coefficient (Wildman–Crippen LogP) is 2.15. The molecule has 13 heavy (non-hydrogen) atoms. The first-order valence-electron chi connectivity index (χ1n) is 4.56. The molecule has 0 aromatic carbocycles. The van der Waals surface area contributed by atoms with E-state index in [1.807, 2.05) is 20.8 Å². The molecule has 1 rings (SSSR count). The SMILES string of the molecule is CCc1c(C)nn(C(C)C#N)c1C. The Kier molecular flexibility index (Phi) is 2.72. The van der Waals surface area contributed by atoms with E-state index in [2.05, 4.69) is 18.1 Å².